The number of rotatable bonds is 10. The van der Waals surface area contributed by atoms with Gasteiger partial charge in [0.2, 0.25) is 5.91 Å². The highest BCUT2D eigenvalue weighted by atomic mass is 16.5. The molecule has 1 amide bonds. The maximum absolute atomic E-state index is 11.8. The summed E-state index contributed by atoms with van der Waals surface area (Å²) in [5.41, 5.74) is -0.463. The Balaban J connectivity index is 4.46. The first kappa shape index (κ1) is 18.5. The molecule has 0 saturated heterocycles. The fraction of sp³-hybridized carbons (Fsp3) is 0.538. The van der Waals surface area contributed by atoms with E-state index < -0.39 is 5.54 Å². The third-order valence-corrected chi connectivity index (χ3v) is 2.60. The molecule has 20 heavy (non-hydrogen) atoms. The van der Waals surface area contributed by atoms with E-state index in [0.717, 1.165) is 0 Å². The molecule has 114 valence electrons. The van der Waals surface area contributed by atoms with Gasteiger partial charge in [-0.05, 0) is 19.7 Å². The van der Waals surface area contributed by atoms with Gasteiger partial charge in [-0.1, -0.05) is 6.08 Å². The number of hydrogen-bond donors (Lipinski definition) is 4. The van der Waals surface area contributed by atoms with E-state index in [9.17, 15) is 15.0 Å². The fourth-order valence-corrected chi connectivity index (χ4v) is 1.40. The number of aliphatic imine (C=N–C) groups is 1. The van der Waals surface area contributed by atoms with E-state index in [0.29, 0.717) is 5.70 Å². The molecule has 0 bridgehead atoms. The number of aliphatic hydroxyl groups is 2. The third-order valence-electron chi connectivity index (χ3n) is 2.60. The van der Waals surface area contributed by atoms with Crippen LogP contribution in [0, 0.1) is 0 Å². The second kappa shape index (κ2) is 10.3. The summed E-state index contributed by atoms with van der Waals surface area (Å²) in [4.78, 5) is 15.3. The predicted molar refractivity (Wildman–Crippen MR) is 77.4 cm³/mol. The lowest BCUT2D eigenvalue weighted by atomic mass is 10.0. The van der Waals surface area contributed by atoms with Crippen molar-refractivity contribution in [2.24, 2.45) is 4.99 Å². The van der Waals surface area contributed by atoms with E-state index in [1.54, 1.807) is 19.1 Å². The number of allylic oxidation sites excluding steroid dienone is 2. The number of ether oxygens (including phenoxy) is 1. The summed E-state index contributed by atoms with van der Waals surface area (Å²) >= 11 is 0. The number of methoxy groups -OCH3 is 1. The van der Waals surface area contributed by atoms with Crippen LogP contribution in [0.5, 0.6) is 0 Å². The maximum Gasteiger partial charge on any atom is 0.238 e. The van der Waals surface area contributed by atoms with Crippen LogP contribution in [0.1, 0.15) is 6.92 Å². The van der Waals surface area contributed by atoms with Crippen molar-refractivity contribution >= 4 is 12.6 Å². The molecule has 4 N–H and O–H groups in total. The minimum Gasteiger partial charge on any atom is -0.394 e. The van der Waals surface area contributed by atoms with Gasteiger partial charge in [0.25, 0.3) is 0 Å². The molecule has 0 aromatic heterocycles. The highest BCUT2D eigenvalue weighted by Gasteiger charge is 2.28. The van der Waals surface area contributed by atoms with Gasteiger partial charge in [0, 0.05) is 19.0 Å². The van der Waals surface area contributed by atoms with E-state index in [-0.39, 0.29) is 32.3 Å². The first-order valence-electron chi connectivity index (χ1n) is 6.11. The third kappa shape index (κ3) is 6.58. The minimum absolute atomic E-state index is 0.0722. The first-order chi connectivity index (χ1) is 9.57. The topological polar surface area (TPSA) is 103 Å². The van der Waals surface area contributed by atoms with Crippen molar-refractivity contribution in [2.75, 3.05) is 33.5 Å². The van der Waals surface area contributed by atoms with Gasteiger partial charge < -0.3 is 20.3 Å². The lowest BCUT2D eigenvalue weighted by Crippen LogP contribution is -2.57. The molecule has 7 heteroatoms. The van der Waals surface area contributed by atoms with Gasteiger partial charge >= 0.3 is 0 Å². The summed E-state index contributed by atoms with van der Waals surface area (Å²) in [6.07, 6.45) is 4.77. The molecule has 0 aliphatic carbocycles. The molecule has 7 nitrogen and oxygen atoms in total. The van der Waals surface area contributed by atoms with Crippen LogP contribution < -0.4 is 10.6 Å². The summed E-state index contributed by atoms with van der Waals surface area (Å²) < 4.78 is 4.92. The van der Waals surface area contributed by atoms with E-state index in [1.165, 1.54) is 13.3 Å². The van der Waals surface area contributed by atoms with Crippen molar-refractivity contribution in [2.45, 2.75) is 12.5 Å². The Morgan fingerprint density at radius 3 is 2.55 bits per heavy atom. The average Bonchev–Trinajstić information content (AvgIpc) is 2.47. The Hall–Kier alpha value is -1.54. The SMILES string of the molecule is C=N/C=C\C(=C/C)NC(=O)CNC(CO)(CO)COC. The largest absolute Gasteiger partial charge is 0.394 e. The van der Waals surface area contributed by atoms with Crippen molar-refractivity contribution < 1.29 is 19.7 Å². The zero-order valence-electron chi connectivity index (χ0n) is 11.9. The average molecular weight is 285 g/mol. The zero-order chi connectivity index (χ0) is 15.4. The highest BCUT2D eigenvalue weighted by molar-refractivity contribution is 5.80. The fourth-order valence-electron chi connectivity index (χ4n) is 1.40. The Bertz CT molecular complexity index is 363. The lowest BCUT2D eigenvalue weighted by molar-refractivity contribution is -0.120. The summed E-state index contributed by atoms with van der Waals surface area (Å²) in [6.45, 7) is 4.39. The number of carbonyl (C=O) groups excluding carboxylic acids is 1. The van der Waals surface area contributed by atoms with Gasteiger partial charge in [-0.3, -0.25) is 15.1 Å². The van der Waals surface area contributed by atoms with E-state index in [2.05, 4.69) is 22.3 Å². The summed E-state index contributed by atoms with van der Waals surface area (Å²) in [7, 11) is 1.45. The van der Waals surface area contributed by atoms with Crippen molar-refractivity contribution in [3.8, 4) is 0 Å². The van der Waals surface area contributed by atoms with Crippen molar-refractivity contribution in [3.63, 3.8) is 0 Å². The van der Waals surface area contributed by atoms with Gasteiger partial charge in [0.05, 0.1) is 31.9 Å². The van der Waals surface area contributed by atoms with Crippen LogP contribution >= 0.6 is 0 Å². The minimum atomic E-state index is -1.04. The maximum atomic E-state index is 11.8. The normalized spacial score (nSPS) is 12.7. The molecule has 0 spiro atoms. The molecule has 0 saturated carbocycles. The number of aliphatic hydroxyl groups excluding tert-OH is 2. The quantitative estimate of drug-likeness (QED) is 0.310. The molecule has 0 aliphatic heterocycles. The predicted octanol–water partition coefficient (Wildman–Crippen LogP) is -0.820. The van der Waals surface area contributed by atoms with Gasteiger partial charge in [0.15, 0.2) is 0 Å². The standard InChI is InChI=1S/C13H23N3O4/c1-4-11(5-6-14-2)16-12(19)7-15-13(8-17,9-18)10-20-3/h4-6,15,17-18H,2,7-10H2,1,3H3,(H,16,19)/b6-5-,11-4+. The Labute approximate surface area is 119 Å². The van der Waals surface area contributed by atoms with Crippen LogP contribution in [0.2, 0.25) is 0 Å². The molecule has 0 aliphatic rings. The number of nitrogens with one attached hydrogen (secondary N) is 2. The summed E-state index contributed by atoms with van der Waals surface area (Å²) in [5.74, 6) is -0.311. The van der Waals surface area contributed by atoms with Crippen LogP contribution in [0.3, 0.4) is 0 Å². The van der Waals surface area contributed by atoms with Crippen LogP contribution in [0.15, 0.2) is 29.0 Å². The molecule has 0 unspecified atom stereocenters. The molecule has 0 heterocycles. The smallest absolute Gasteiger partial charge is 0.238 e. The molecular formula is C13H23N3O4. The molecule has 0 aromatic rings. The first-order valence-corrected chi connectivity index (χ1v) is 6.11. The van der Waals surface area contributed by atoms with Crippen molar-refractivity contribution in [1.29, 1.82) is 0 Å². The number of nitrogens with zero attached hydrogens (tertiary/aromatic N) is 1. The highest BCUT2D eigenvalue weighted by Crippen LogP contribution is 2.03. The second-order valence-corrected chi connectivity index (χ2v) is 4.17. The van der Waals surface area contributed by atoms with Gasteiger partial charge in [0.1, 0.15) is 0 Å². The lowest BCUT2D eigenvalue weighted by Gasteiger charge is -2.30. The zero-order valence-corrected chi connectivity index (χ0v) is 11.9. The molecule has 0 atom stereocenters. The number of hydrogen-bond acceptors (Lipinski definition) is 6. The number of carbonyl (C=O) groups is 1. The molecule has 0 aromatic carbocycles. The van der Waals surface area contributed by atoms with Crippen LogP contribution in [0.25, 0.3) is 0 Å². The van der Waals surface area contributed by atoms with Crippen molar-refractivity contribution in [1.82, 2.24) is 10.6 Å². The second-order valence-electron chi connectivity index (χ2n) is 4.17. The van der Waals surface area contributed by atoms with Crippen LogP contribution in [0.4, 0.5) is 0 Å². The summed E-state index contributed by atoms with van der Waals surface area (Å²) in [5, 5.41) is 24.0. The van der Waals surface area contributed by atoms with Gasteiger partial charge in [-0.25, -0.2) is 0 Å². The van der Waals surface area contributed by atoms with Crippen molar-refractivity contribution in [3.05, 3.63) is 24.0 Å². The Morgan fingerprint density at radius 2 is 2.10 bits per heavy atom. The Morgan fingerprint density at radius 1 is 1.45 bits per heavy atom. The van der Waals surface area contributed by atoms with Gasteiger partial charge in [-0.15, -0.1) is 0 Å². The number of amides is 1. The Kier molecular flexibility index (Phi) is 9.48. The molecular weight excluding hydrogens is 262 g/mol. The molecule has 0 radical (unpaired) electrons. The van der Waals surface area contributed by atoms with Crippen LogP contribution in [-0.4, -0.2) is 61.9 Å². The van der Waals surface area contributed by atoms with Gasteiger partial charge in [-0.2, -0.15) is 0 Å². The van der Waals surface area contributed by atoms with E-state index >= 15 is 0 Å². The summed E-state index contributed by atoms with van der Waals surface area (Å²) in [6, 6.07) is 0. The molecule has 0 fully saturated rings. The van der Waals surface area contributed by atoms with Crippen LogP contribution in [-0.2, 0) is 9.53 Å². The van der Waals surface area contributed by atoms with E-state index in [4.69, 9.17) is 4.74 Å². The monoisotopic (exact) mass is 285 g/mol. The van der Waals surface area contributed by atoms with E-state index in [1.807, 2.05) is 0 Å². The molecule has 0 rings (SSSR count).